The fraction of sp³-hybridized carbons (Fsp3) is 0.400. The number of benzene rings is 1. The molecule has 1 aromatic heterocycles. The summed E-state index contributed by atoms with van der Waals surface area (Å²) in [7, 11) is -6.05. The highest BCUT2D eigenvalue weighted by Gasteiger charge is 2.29. The maximum Gasteiger partial charge on any atom is 0.244 e. The van der Waals surface area contributed by atoms with E-state index in [1.165, 1.54) is 31.4 Å². The monoisotopic (exact) mass is 463 g/mol. The Bertz CT molecular complexity index is 1060. The molecule has 2 aromatic rings. The van der Waals surface area contributed by atoms with E-state index in [0.717, 1.165) is 17.6 Å². The number of methoxy groups -OCH3 is 1. The number of hydrogen-bond acceptors (Lipinski definition) is 9. The Kier molecular flexibility index (Phi) is 7.15. The van der Waals surface area contributed by atoms with Gasteiger partial charge in [0.25, 0.3) is 0 Å². The van der Waals surface area contributed by atoms with Gasteiger partial charge in [-0.1, -0.05) is 25.2 Å². The highest BCUT2D eigenvalue weighted by Crippen LogP contribution is 2.22. The number of carbonyl (C=O) groups is 1. The molecule has 1 atom stereocenters. The molecule has 0 saturated carbocycles. The first-order chi connectivity index (χ1) is 13.4. The third-order valence-electron chi connectivity index (χ3n) is 3.53. The summed E-state index contributed by atoms with van der Waals surface area (Å²) in [6, 6.07) is 4.62. The molecule has 3 N–H and O–H groups in total. The number of nitrogens with one attached hydrogen (secondary N) is 3. The highest BCUT2D eigenvalue weighted by atomic mass is 32.2. The Morgan fingerprint density at radius 1 is 1.07 bits per heavy atom. The van der Waals surface area contributed by atoms with Crippen LogP contribution < -0.4 is 19.5 Å². The van der Waals surface area contributed by atoms with E-state index in [9.17, 15) is 21.6 Å². The summed E-state index contributed by atoms with van der Waals surface area (Å²) in [5.41, 5.74) is 0. The van der Waals surface area contributed by atoms with Gasteiger partial charge in [0.1, 0.15) is 11.8 Å². The topological polar surface area (TPSA) is 156 Å². The van der Waals surface area contributed by atoms with E-state index in [0.29, 0.717) is 5.75 Å². The molecule has 0 spiro atoms. The number of ether oxygens (including phenoxy) is 1. The van der Waals surface area contributed by atoms with Crippen molar-refractivity contribution in [2.24, 2.45) is 5.92 Å². The van der Waals surface area contributed by atoms with Crippen molar-refractivity contribution >= 4 is 47.6 Å². The van der Waals surface area contributed by atoms with E-state index >= 15 is 0 Å². The number of anilines is 2. The van der Waals surface area contributed by atoms with Crippen LogP contribution in [0.25, 0.3) is 0 Å². The van der Waals surface area contributed by atoms with Crippen molar-refractivity contribution in [2.75, 3.05) is 23.4 Å². The lowest BCUT2D eigenvalue weighted by Crippen LogP contribution is -2.47. The Labute approximate surface area is 173 Å². The number of amides is 1. The molecule has 0 aliphatic rings. The molecule has 0 unspecified atom stereocenters. The smallest absolute Gasteiger partial charge is 0.244 e. The highest BCUT2D eigenvalue weighted by molar-refractivity contribution is 7.92. The van der Waals surface area contributed by atoms with Gasteiger partial charge < -0.3 is 4.74 Å². The van der Waals surface area contributed by atoms with Gasteiger partial charge in [-0.05, 0) is 30.2 Å². The van der Waals surface area contributed by atoms with Crippen molar-refractivity contribution in [2.45, 2.75) is 24.8 Å². The minimum atomic E-state index is -3.98. The average molecular weight is 464 g/mol. The maximum atomic E-state index is 12.6. The first kappa shape index (κ1) is 23.0. The molecule has 0 aliphatic heterocycles. The van der Waals surface area contributed by atoms with Crippen LogP contribution in [-0.4, -0.2) is 52.3 Å². The number of aromatic nitrogens is 2. The Morgan fingerprint density at radius 2 is 1.66 bits per heavy atom. The van der Waals surface area contributed by atoms with Gasteiger partial charge in [-0.25, -0.2) is 16.8 Å². The predicted octanol–water partition coefficient (Wildman–Crippen LogP) is 0.860. The summed E-state index contributed by atoms with van der Waals surface area (Å²) < 4.78 is 57.2. The van der Waals surface area contributed by atoms with Crippen molar-refractivity contribution in [1.29, 1.82) is 0 Å². The zero-order valence-corrected chi connectivity index (χ0v) is 18.5. The van der Waals surface area contributed by atoms with Crippen LogP contribution in [0.4, 0.5) is 10.3 Å². The lowest BCUT2D eigenvalue weighted by molar-refractivity contribution is -0.118. The van der Waals surface area contributed by atoms with Gasteiger partial charge in [0.2, 0.25) is 36.2 Å². The lowest BCUT2D eigenvalue weighted by atomic mass is 10.1. The Hall–Kier alpha value is -2.29. The van der Waals surface area contributed by atoms with E-state index in [1.807, 2.05) is 0 Å². The Morgan fingerprint density at radius 3 is 2.17 bits per heavy atom. The second kappa shape index (κ2) is 9.02. The normalized spacial score (nSPS) is 13.1. The minimum absolute atomic E-state index is 0.0210. The van der Waals surface area contributed by atoms with Gasteiger partial charge in [0.05, 0.1) is 18.3 Å². The molecular formula is C15H21N5O6S3. The van der Waals surface area contributed by atoms with Crippen LogP contribution in [0.1, 0.15) is 13.8 Å². The molecule has 1 amide bonds. The molecular weight excluding hydrogens is 442 g/mol. The number of carbonyl (C=O) groups excluding carboxylic acids is 1. The van der Waals surface area contributed by atoms with Crippen molar-refractivity contribution in [1.82, 2.24) is 14.9 Å². The van der Waals surface area contributed by atoms with Gasteiger partial charge in [-0.15, -0.1) is 10.2 Å². The molecule has 0 bridgehead atoms. The summed E-state index contributed by atoms with van der Waals surface area (Å²) in [5, 5.41) is 9.73. The number of rotatable bonds is 9. The van der Waals surface area contributed by atoms with Crippen LogP contribution in [0.5, 0.6) is 5.75 Å². The zero-order valence-electron chi connectivity index (χ0n) is 16.0. The van der Waals surface area contributed by atoms with Crippen LogP contribution in [0, 0.1) is 5.92 Å². The molecule has 29 heavy (non-hydrogen) atoms. The number of hydrogen-bond donors (Lipinski definition) is 3. The van der Waals surface area contributed by atoms with Crippen LogP contribution in [0.2, 0.25) is 0 Å². The van der Waals surface area contributed by atoms with Crippen molar-refractivity contribution in [3.63, 3.8) is 0 Å². The molecule has 14 heteroatoms. The molecule has 1 aromatic carbocycles. The van der Waals surface area contributed by atoms with Gasteiger partial charge in [-0.3, -0.25) is 14.8 Å². The van der Waals surface area contributed by atoms with Gasteiger partial charge in [0.15, 0.2) is 0 Å². The number of sulfonamides is 2. The molecule has 2 rings (SSSR count). The van der Waals surface area contributed by atoms with E-state index < -0.39 is 32.0 Å². The minimum Gasteiger partial charge on any atom is -0.497 e. The molecule has 11 nitrogen and oxygen atoms in total. The third kappa shape index (κ3) is 6.62. The SMILES string of the molecule is COc1ccc(S(=O)(=O)N[C@H](C(=O)Nc2nnc(NS(C)(=O)=O)s2)C(C)C)cc1. The Balaban J connectivity index is 2.15. The summed E-state index contributed by atoms with van der Waals surface area (Å²) in [4.78, 5) is 12.6. The molecule has 0 saturated heterocycles. The van der Waals surface area contributed by atoms with Crippen molar-refractivity contribution < 1.29 is 26.4 Å². The molecule has 0 radical (unpaired) electrons. The average Bonchev–Trinajstić information content (AvgIpc) is 3.04. The van der Waals surface area contributed by atoms with Crippen LogP contribution >= 0.6 is 11.3 Å². The van der Waals surface area contributed by atoms with E-state index in [2.05, 4.69) is 25.0 Å². The van der Waals surface area contributed by atoms with Gasteiger partial charge in [-0.2, -0.15) is 4.72 Å². The first-order valence-corrected chi connectivity index (χ1v) is 12.4. The van der Waals surface area contributed by atoms with Crippen LogP contribution in [0.3, 0.4) is 0 Å². The molecule has 1 heterocycles. The van der Waals surface area contributed by atoms with E-state index in [1.54, 1.807) is 13.8 Å². The van der Waals surface area contributed by atoms with Crippen LogP contribution in [-0.2, 0) is 24.8 Å². The van der Waals surface area contributed by atoms with Gasteiger partial charge in [0, 0.05) is 0 Å². The predicted molar refractivity (Wildman–Crippen MR) is 109 cm³/mol. The molecule has 0 fully saturated rings. The van der Waals surface area contributed by atoms with Crippen molar-refractivity contribution in [3.05, 3.63) is 24.3 Å². The summed E-state index contributed by atoms with van der Waals surface area (Å²) in [6.45, 7) is 3.36. The second-order valence-corrected chi connectivity index (χ2v) is 10.7. The summed E-state index contributed by atoms with van der Waals surface area (Å²) >= 11 is 0.800. The standard InChI is InChI=1S/C15H21N5O6S3/c1-9(2)12(19-29(24,25)11-7-5-10(26-3)6-8-11)13(21)16-14-17-18-15(27-14)20-28(4,22)23/h5-9,12,19H,1-4H3,(H,18,20)(H,16,17,21)/t12-/m0/s1. The van der Waals surface area contributed by atoms with E-state index in [-0.39, 0.29) is 21.1 Å². The molecule has 0 aliphatic carbocycles. The summed E-state index contributed by atoms with van der Waals surface area (Å²) in [5.74, 6) is -0.541. The lowest BCUT2D eigenvalue weighted by Gasteiger charge is -2.21. The fourth-order valence-electron chi connectivity index (χ4n) is 2.14. The summed E-state index contributed by atoms with van der Waals surface area (Å²) in [6.07, 6.45) is 0.954. The molecule has 160 valence electrons. The van der Waals surface area contributed by atoms with E-state index in [4.69, 9.17) is 4.74 Å². The quantitative estimate of drug-likeness (QED) is 0.494. The fourth-order valence-corrected chi connectivity index (χ4v) is 4.96. The maximum absolute atomic E-state index is 12.6. The largest absolute Gasteiger partial charge is 0.497 e. The zero-order chi connectivity index (χ0) is 21.8. The second-order valence-electron chi connectivity index (χ2n) is 6.29. The first-order valence-electron chi connectivity index (χ1n) is 8.20. The van der Waals surface area contributed by atoms with Crippen LogP contribution in [0.15, 0.2) is 29.2 Å². The van der Waals surface area contributed by atoms with Crippen molar-refractivity contribution in [3.8, 4) is 5.75 Å². The third-order valence-corrected chi connectivity index (χ3v) is 6.43. The van der Waals surface area contributed by atoms with Gasteiger partial charge >= 0.3 is 0 Å². The number of nitrogens with zero attached hydrogens (tertiary/aromatic N) is 2.